The van der Waals surface area contributed by atoms with Crippen LogP contribution in [0.15, 0.2) is 34.2 Å². The van der Waals surface area contributed by atoms with E-state index in [1.54, 1.807) is 17.3 Å². The quantitative estimate of drug-likeness (QED) is 0.819. The molecule has 0 atom stereocenters. The highest BCUT2D eigenvalue weighted by atomic mass is 32.2. The Labute approximate surface area is 155 Å². The van der Waals surface area contributed by atoms with Gasteiger partial charge in [0.05, 0.1) is 18.0 Å². The monoisotopic (exact) mass is 371 g/mol. The molecule has 1 amide bonds. The molecule has 26 heavy (non-hydrogen) atoms. The highest BCUT2D eigenvalue weighted by Crippen LogP contribution is 2.21. The molecule has 0 aromatic carbocycles. The molecule has 0 spiro atoms. The first-order valence-electron chi connectivity index (χ1n) is 8.88. The number of aromatic nitrogens is 3. The van der Waals surface area contributed by atoms with Gasteiger partial charge >= 0.3 is 0 Å². The molecule has 0 radical (unpaired) electrons. The normalized spacial score (nSPS) is 16.6. The number of nitrogens with one attached hydrogen (secondary N) is 1. The molecule has 4 rings (SSSR count). The molecule has 2 aliphatic rings. The third-order valence-corrected chi connectivity index (χ3v) is 5.83. The molecule has 136 valence electrons. The van der Waals surface area contributed by atoms with Crippen molar-refractivity contribution in [2.24, 2.45) is 0 Å². The maximum Gasteiger partial charge on any atom is 0.255 e. The van der Waals surface area contributed by atoms with Gasteiger partial charge in [0.15, 0.2) is 0 Å². The standard InChI is InChI=1S/C18H21N5O2S/c24-16(12-26-13-3-6-19-7-4-13)23-10-5-14-15(11-23)20-18(21-17(14)25)22-8-1-2-9-22/h3-4,6-7H,1-2,5,8-12H2,(H,20,21,25). The number of thioether (sulfide) groups is 1. The average molecular weight is 371 g/mol. The summed E-state index contributed by atoms with van der Waals surface area (Å²) < 4.78 is 0. The summed E-state index contributed by atoms with van der Waals surface area (Å²) in [6, 6.07) is 3.79. The van der Waals surface area contributed by atoms with Gasteiger partial charge in [0.1, 0.15) is 0 Å². The number of nitrogens with zero attached hydrogens (tertiary/aromatic N) is 4. The Kier molecular flexibility index (Phi) is 4.92. The number of hydrogen-bond acceptors (Lipinski definition) is 6. The van der Waals surface area contributed by atoms with Crippen LogP contribution < -0.4 is 10.5 Å². The molecular formula is C18H21N5O2S. The van der Waals surface area contributed by atoms with E-state index in [0.717, 1.165) is 42.1 Å². The van der Waals surface area contributed by atoms with E-state index in [4.69, 9.17) is 0 Å². The largest absolute Gasteiger partial charge is 0.342 e. The summed E-state index contributed by atoms with van der Waals surface area (Å²) in [6.45, 7) is 2.83. The number of rotatable bonds is 4. The molecule has 0 bridgehead atoms. The van der Waals surface area contributed by atoms with Crippen molar-refractivity contribution in [1.82, 2.24) is 19.9 Å². The van der Waals surface area contributed by atoms with E-state index in [1.165, 1.54) is 11.8 Å². The number of pyridine rings is 1. The van der Waals surface area contributed by atoms with Gasteiger partial charge in [-0.3, -0.25) is 19.6 Å². The van der Waals surface area contributed by atoms with Crippen LogP contribution in [0.25, 0.3) is 0 Å². The zero-order valence-corrected chi connectivity index (χ0v) is 15.3. The third-order valence-electron chi connectivity index (χ3n) is 4.83. The van der Waals surface area contributed by atoms with Gasteiger partial charge in [0, 0.05) is 42.5 Å². The van der Waals surface area contributed by atoms with Crippen molar-refractivity contribution in [3.05, 3.63) is 46.1 Å². The Morgan fingerprint density at radius 2 is 1.96 bits per heavy atom. The summed E-state index contributed by atoms with van der Waals surface area (Å²) in [7, 11) is 0. The second-order valence-electron chi connectivity index (χ2n) is 6.55. The van der Waals surface area contributed by atoms with E-state index in [2.05, 4.69) is 19.9 Å². The fourth-order valence-electron chi connectivity index (χ4n) is 3.39. The van der Waals surface area contributed by atoms with E-state index in [0.29, 0.717) is 31.2 Å². The van der Waals surface area contributed by atoms with Crippen LogP contribution in [0, 0.1) is 0 Å². The predicted octanol–water partition coefficient (Wildman–Crippen LogP) is 1.44. The molecule has 7 nitrogen and oxygen atoms in total. The number of aromatic amines is 1. The molecule has 0 unspecified atom stereocenters. The predicted molar refractivity (Wildman–Crippen MR) is 100 cm³/mol. The number of hydrogen-bond donors (Lipinski definition) is 1. The van der Waals surface area contributed by atoms with Gasteiger partial charge < -0.3 is 9.80 Å². The lowest BCUT2D eigenvalue weighted by molar-refractivity contribution is -0.129. The SMILES string of the molecule is O=C(CSc1ccncc1)N1CCc2c(nc(N3CCCC3)[nH]c2=O)C1. The summed E-state index contributed by atoms with van der Waals surface area (Å²) in [6.07, 6.45) is 6.25. The Hall–Kier alpha value is -2.35. The summed E-state index contributed by atoms with van der Waals surface area (Å²) in [5.41, 5.74) is 1.40. The van der Waals surface area contributed by atoms with Crippen molar-refractivity contribution in [3.8, 4) is 0 Å². The number of carbonyl (C=O) groups is 1. The lowest BCUT2D eigenvalue weighted by Crippen LogP contribution is -2.40. The van der Waals surface area contributed by atoms with E-state index in [1.807, 2.05) is 12.1 Å². The first-order valence-corrected chi connectivity index (χ1v) is 9.87. The fourth-order valence-corrected chi connectivity index (χ4v) is 4.18. The van der Waals surface area contributed by atoms with Crippen molar-refractivity contribution >= 4 is 23.6 Å². The van der Waals surface area contributed by atoms with Gasteiger partial charge in [-0.15, -0.1) is 11.8 Å². The Balaban J connectivity index is 1.46. The molecular weight excluding hydrogens is 350 g/mol. The van der Waals surface area contributed by atoms with Crippen LogP contribution in [-0.2, 0) is 17.8 Å². The van der Waals surface area contributed by atoms with Crippen molar-refractivity contribution in [1.29, 1.82) is 0 Å². The molecule has 8 heteroatoms. The lowest BCUT2D eigenvalue weighted by atomic mass is 10.1. The smallest absolute Gasteiger partial charge is 0.255 e. The first-order chi connectivity index (χ1) is 12.7. The van der Waals surface area contributed by atoms with Crippen LogP contribution in [-0.4, -0.2) is 51.1 Å². The molecule has 2 aromatic heterocycles. The highest BCUT2D eigenvalue weighted by molar-refractivity contribution is 8.00. The molecule has 1 saturated heterocycles. The third kappa shape index (κ3) is 3.60. The van der Waals surface area contributed by atoms with Crippen LogP contribution >= 0.6 is 11.8 Å². The first kappa shape index (κ1) is 17.1. The number of H-pyrrole nitrogens is 1. The number of anilines is 1. The number of fused-ring (bicyclic) bond motifs is 1. The summed E-state index contributed by atoms with van der Waals surface area (Å²) in [5.74, 6) is 1.09. The Morgan fingerprint density at radius 3 is 2.73 bits per heavy atom. The van der Waals surface area contributed by atoms with Gasteiger partial charge in [-0.2, -0.15) is 0 Å². The van der Waals surface area contributed by atoms with Crippen molar-refractivity contribution < 1.29 is 4.79 Å². The molecule has 1 fully saturated rings. The minimum Gasteiger partial charge on any atom is -0.342 e. The zero-order chi connectivity index (χ0) is 17.9. The Bertz CT molecular complexity index is 848. The Morgan fingerprint density at radius 1 is 1.19 bits per heavy atom. The van der Waals surface area contributed by atoms with Gasteiger partial charge in [-0.05, 0) is 31.4 Å². The lowest BCUT2D eigenvalue weighted by Gasteiger charge is -2.28. The van der Waals surface area contributed by atoms with Gasteiger partial charge in [0.2, 0.25) is 11.9 Å². The second-order valence-corrected chi connectivity index (χ2v) is 7.59. The second kappa shape index (κ2) is 7.49. The van der Waals surface area contributed by atoms with Crippen LogP contribution in [0.4, 0.5) is 5.95 Å². The maximum atomic E-state index is 12.6. The molecule has 4 heterocycles. The van der Waals surface area contributed by atoms with Crippen LogP contribution in [0.2, 0.25) is 0 Å². The van der Waals surface area contributed by atoms with Crippen molar-refractivity contribution in [2.45, 2.75) is 30.7 Å². The molecule has 0 saturated carbocycles. The highest BCUT2D eigenvalue weighted by Gasteiger charge is 2.25. The van der Waals surface area contributed by atoms with Crippen molar-refractivity contribution in [2.75, 3.05) is 30.3 Å². The van der Waals surface area contributed by atoms with Gasteiger partial charge in [-0.25, -0.2) is 4.98 Å². The maximum absolute atomic E-state index is 12.6. The van der Waals surface area contributed by atoms with E-state index in [-0.39, 0.29) is 11.5 Å². The van der Waals surface area contributed by atoms with Gasteiger partial charge in [0.25, 0.3) is 5.56 Å². The number of amides is 1. The average Bonchev–Trinajstić information content (AvgIpc) is 3.21. The fraction of sp³-hybridized carbons (Fsp3) is 0.444. The molecule has 1 N–H and O–H groups in total. The molecule has 0 aliphatic carbocycles. The van der Waals surface area contributed by atoms with Crippen LogP contribution in [0.1, 0.15) is 24.1 Å². The minimum atomic E-state index is -0.0600. The van der Waals surface area contributed by atoms with E-state index in [9.17, 15) is 9.59 Å². The van der Waals surface area contributed by atoms with Crippen molar-refractivity contribution in [3.63, 3.8) is 0 Å². The topological polar surface area (TPSA) is 82.2 Å². The van der Waals surface area contributed by atoms with Crippen LogP contribution in [0.5, 0.6) is 0 Å². The summed E-state index contributed by atoms with van der Waals surface area (Å²) in [5, 5.41) is 0. The minimum absolute atomic E-state index is 0.0600. The van der Waals surface area contributed by atoms with Gasteiger partial charge in [-0.1, -0.05) is 0 Å². The molecule has 2 aliphatic heterocycles. The summed E-state index contributed by atoms with van der Waals surface area (Å²) >= 11 is 1.50. The number of carbonyl (C=O) groups excluding carboxylic acids is 1. The van der Waals surface area contributed by atoms with E-state index >= 15 is 0 Å². The van der Waals surface area contributed by atoms with Crippen LogP contribution in [0.3, 0.4) is 0 Å². The molecule has 2 aromatic rings. The van der Waals surface area contributed by atoms with E-state index < -0.39 is 0 Å². The zero-order valence-electron chi connectivity index (χ0n) is 14.5. The summed E-state index contributed by atoms with van der Waals surface area (Å²) in [4.78, 5) is 41.5.